The molecule has 2 aromatic rings. The minimum Gasteiger partial charge on any atom is -0.328 e. The van der Waals surface area contributed by atoms with Gasteiger partial charge in [-0.15, -0.1) is 11.3 Å². The Balaban J connectivity index is 1.88. The van der Waals surface area contributed by atoms with Gasteiger partial charge in [-0.2, -0.15) is 5.26 Å². The smallest absolute Gasteiger partial charge is 0.256 e. The summed E-state index contributed by atoms with van der Waals surface area (Å²) in [6.45, 7) is 10.4. The molecular formula is C20H24N3OS+. The van der Waals surface area contributed by atoms with E-state index in [2.05, 4.69) is 25.2 Å². The monoisotopic (exact) mass is 354 g/mol. The van der Waals surface area contributed by atoms with Crippen LogP contribution < -0.4 is 10.2 Å². The predicted octanol–water partition coefficient (Wildman–Crippen LogP) is 2.84. The van der Waals surface area contributed by atoms with Gasteiger partial charge in [0.15, 0.2) is 0 Å². The van der Waals surface area contributed by atoms with E-state index in [9.17, 15) is 10.1 Å². The molecule has 1 aliphatic rings. The zero-order valence-electron chi connectivity index (χ0n) is 15.2. The summed E-state index contributed by atoms with van der Waals surface area (Å²) in [5.74, 6) is -0.138. The van der Waals surface area contributed by atoms with Crippen LogP contribution in [0.1, 0.15) is 51.3 Å². The lowest BCUT2D eigenvalue weighted by molar-refractivity contribution is -0.936. The van der Waals surface area contributed by atoms with Crippen molar-refractivity contribution in [2.24, 2.45) is 0 Å². The molecule has 1 amide bonds. The summed E-state index contributed by atoms with van der Waals surface area (Å²) in [7, 11) is 0. The Labute approximate surface area is 153 Å². The van der Waals surface area contributed by atoms with Crippen LogP contribution in [0.2, 0.25) is 0 Å². The molecule has 5 heteroatoms. The second kappa shape index (κ2) is 6.99. The third kappa shape index (κ3) is 3.46. The molecule has 2 N–H and O–H groups in total. The maximum Gasteiger partial charge on any atom is 0.256 e. The van der Waals surface area contributed by atoms with Crippen molar-refractivity contribution >= 4 is 22.2 Å². The second-order valence-corrected chi connectivity index (χ2v) is 8.19. The standard InChI is InChI=1S/C20H23N3OS/c1-12(2)23-8-7-16-17(10-21)20(25-18(16)11-23)22-19(24)15-6-5-13(3)9-14(15)4/h5-6,9,12H,7-8,11H2,1-4H3,(H,22,24)/p+1. The molecule has 1 aromatic carbocycles. The summed E-state index contributed by atoms with van der Waals surface area (Å²) < 4.78 is 0. The first-order valence-corrected chi connectivity index (χ1v) is 9.50. The van der Waals surface area contributed by atoms with Crippen molar-refractivity contribution in [3.05, 3.63) is 50.9 Å². The first-order valence-electron chi connectivity index (χ1n) is 8.68. The van der Waals surface area contributed by atoms with Crippen molar-refractivity contribution < 1.29 is 9.69 Å². The molecule has 0 saturated heterocycles. The van der Waals surface area contributed by atoms with Gasteiger partial charge in [0.25, 0.3) is 5.91 Å². The van der Waals surface area contributed by atoms with Crippen molar-refractivity contribution in [3.8, 4) is 6.07 Å². The quantitative estimate of drug-likeness (QED) is 0.890. The fraction of sp³-hybridized carbons (Fsp3) is 0.400. The maximum absolute atomic E-state index is 12.7. The number of anilines is 1. The molecule has 0 aliphatic carbocycles. The summed E-state index contributed by atoms with van der Waals surface area (Å²) in [6.07, 6.45) is 0.904. The molecule has 0 bridgehead atoms. The van der Waals surface area contributed by atoms with Gasteiger partial charge in [-0.05, 0) is 44.9 Å². The van der Waals surface area contributed by atoms with Gasteiger partial charge in [0.2, 0.25) is 0 Å². The van der Waals surface area contributed by atoms with E-state index >= 15 is 0 Å². The number of rotatable bonds is 3. The zero-order chi connectivity index (χ0) is 18.1. The summed E-state index contributed by atoms with van der Waals surface area (Å²) in [5.41, 5.74) is 4.53. The molecule has 0 fully saturated rings. The van der Waals surface area contributed by atoms with E-state index in [0.29, 0.717) is 22.2 Å². The number of hydrogen-bond donors (Lipinski definition) is 2. The second-order valence-electron chi connectivity index (χ2n) is 7.08. The minimum atomic E-state index is -0.138. The van der Waals surface area contributed by atoms with Crippen LogP contribution in [0.5, 0.6) is 0 Å². The number of nitrogens with one attached hydrogen (secondary N) is 2. The SMILES string of the molecule is Cc1ccc(C(=O)Nc2sc3c(c2C#N)CC[NH+](C(C)C)C3)c(C)c1. The molecule has 1 unspecified atom stereocenters. The van der Waals surface area contributed by atoms with Gasteiger partial charge in [0.1, 0.15) is 17.6 Å². The van der Waals surface area contributed by atoms with Crippen molar-refractivity contribution in [1.82, 2.24) is 0 Å². The van der Waals surface area contributed by atoms with Crippen LogP contribution in [-0.4, -0.2) is 18.5 Å². The fourth-order valence-electron chi connectivity index (χ4n) is 3.44. The number of carbonyl (C=O) groups excluding carboxylic acids is 1. The molecule has 130 valence electrons. The Bertz CT molecular complexity index is 861. The van der Waals surface area contributed by atoms with Crippen molar-refractivity contribution in [2.45, 2.75) is 46.7 Å². The van der Waals surface area contributed by atoms with Gasteiger partial charge >= 0.3 is 0 Å². The van der Waals surface area contributed by atoms with E-state index < -0.39 is 0 Å². The molecule has 25 heavy (non-hydrogen) atoms. The normalized spacial score (nSPS) is 16.4. The third-order valence-electron chi connectivity index (χ3n) is 4.96. The molecule has 1 aromatic heterocycles. The van der Waals surface area contributed by atoms with Gasteiger partial charge < -0.3 is 10.2 Å². The van der Waals surface area contributed by atoms with E-state index in [1.54, 1.807) is 11.3 Å². The summed E-state index contributed by atoms with van der Waals surface area (Å²) in [5, 5.41) is 13.3. The van der Waals surface area contributed by atoms with Crippen LogP contribution in [0.4, 0.5) is 5.00 Å². The molecular weight excluding hydrogens is 330 g/mol. The Hall–Kier alpha value is -2.16. The van der Waals surface area contributed by atoms with Crippen molar-refractivity contribution in [3.63, 3.8) is 0 Å². The number of fused-ring (bicyclic) bond motifs is 1. The van der Waals surface area contributed by atoms with Gasteiger partial charge in [-0.3, -0.25) is 4.79 Å². The summed E-state index contributed by atoms with van der Waals surface area (Å²) in [6, 6.07) is 8.67. The molecule has 1 atom stereocenters. The number of thiophene rings is 1. The van der Waals surface area contributed by atoms with E-state index in [1.165, 1.54) is 9.78 Å². The molecule has 0 saturated carbocycles. The lowest BCUT2D eigenvalue weighted by Crippen LogP contribution is -3.14. The first-order chi connectivity index (χ1) is 11.9. The van der Waals surface area contributed by atoms with Crippen LogP contribution in [0.3, 0.4) is 0 Å². The minimum absolute atomic E-state index is 0.138. The lowest BCUT2D eigenvalue weighted by Gasteiger charge is -2.27. The number of quaternary nitrogens is 1. The van der Waals surface area contributed by atoms with Crippen molar-refractivity contribution in [2.75, 3.05) is 11.9 Å². The third-order valence-corrected chi connectivity index (χ3v) is 6.10. The topological polar surface area (TPSA) is 57.3 Å². The summed E-state index contributed by atoms with van der Waals surface area (Å²) >= 11 is 1.56. The number of nitriles is 1. The lowest BCUT2D eigenvalue weighted by atomic mass is 10.0. The number of carbonyl (C=O) groups is 1. The molecule has 1 aliphatic heterocycles. The van der Waals surface area contributed by atoms with Crippen LogP contribution in [0, 0.1) is 25.2 Å². The highest BCUT2D eigenvalue weighted by Crippen LogP contribution is 2.34. The zero-order valence-corrected chi connectivity index (χ0v) is 16.0. The van der Waals surface area contributed by atoms with Gasteiger partial charge in [0, 0.05) is 12.0 Å². The van der Waals surface area contributed by atoms with E-state index in [1.807, 2.05) is 32.0 Å². The Morgan fingerprint density at radius 3 is 2.76 bits per heavy atom. The average Bonchev–Trinajstić information content (AvgIpc) is 2.90. The van der Waals surface area contributed by atoms with Crippen LogP contribution in [-0.2, 0) is 13.0 Å². The Morgan fingerprint density at radius 2 is 2.12 bits per heavy atom. The number of benzene rings is 1. The number of hydrogen-bond acceptors (Lipinski definition) is 3. The van der Waals surface area contributed by atoms with E-state index in [-0.39, 0.29) is 5.91 Å². The van der Waals surface area contributed by atoms with Gasteiger partial charge in [-0.25, -0.2) is 0 Å². The summed E-state index contributed by atoms with van der Waals surface area (Å²) in [4.78, 5) is 15.5. The number of nitrogens with zero attached hydrogens (tertiary/aromatic N) is 1. The highest BCUT2D eigenvalue weighted by atomic mass is 32.1. The molecule has 3 rings (SSSR count). The molecule has 2 heterocycles. The molecule has 0 radical (unpaired) electrons. The number of amides is 1. The van der Waals surface area contributed by atoms with Gasteiger partial charge in [0.05, 0.1) is 23.0 Å². The Morgan fingerprint density at radius 1 is 1.36 bits per heavy atom. The predicted molar refractivity (Wildman–Crippen MR) is 101 cm³/mol. The fourth-order valence-corrected chi connectivity index (χ4v) is 4.68. The molecule has 0 spiro atoms. The highest BCUT2D eigenvalue weighted by Gasteiger charge is 2.28. The van der Waals surface area contributed by atoms with E-state index in [4.69, 9.17) is 0 Å². The average molecular weight is 354 g/mol. The van der Waals surface area contributed by atoms with Crippen LogP contribution in [0.15, 0.2) is 18.2 Å². The van der Waals surface area contributed by atoms with Crippen LogP contribution >= 0.6 is 11.3 Å². The van der Waals surface area contributed by atoms with Gasteiger partial charge in [-0.1, -0.05) is 17.7 Å². The van der Waals surface area contributed by atoms with Crippen LogP contribution in [0.25, 0.3) is 0 Å². The van der Waals surface area contributed by atoms with E-state index in [0.717, 1.165) is 36.2 Å². The maximum atomic E-state index is 12.7. The largest absolute Gasteiger partial charge is 0.328 e. The molecule has 4 nitrogen and oxygen atoms in total. The van der Waals surface area contributed by atoms with Crippen molar-refractivity contribution in [1.29, 1.82) is 5.26 Å². The number of aryl methyl sites for hydroxylation is 2. The highest BCUT2D eigenvalue weighted by molar-refractivity contribution is 7.16. The first kappa shape index (κ1) is 17.7. The Kier molecular flexibility index (Phi) is 4.94.